The fourth-order valence-corrected chi connectivity index (χ4v) is 14.7. The molecule has 0 bridgehead atoms. The highest BCUT2D eigenvalue weighted by Gasteiger charge is 2.27. The molecule has 0 spiro atoms. The molecule has 0 heterocycles. The summed E-state index contributed by atoms with van der Waals surface area (Å²) in [6, 6.07) is 59.3. The van der Waals surface area contributed by atoms with E-state index >= 15 is 0 Å². The maximum atomic E-state index is 12.7. The fourth-order valence-electron chi connectivity index (χ4n) is 13.4. The van der Waals surface area contributed by atoms with Crippen molar-refractivity contribution in [3.05, 3.63) is 285 Å². The second-order valence-electron chi connectivity index (χ2n) is 26.1. The molecule has 102 heavy (non-hydrogen) atoms. The molecule has 8 aromatic rings. The van der Waals surface area contributed by atoms with Crippen molar-refractivity contribution in [2.75, 3.05) is 50.2 Å². The van der Waals surface area contributed by atoms with E-state index < -0.39 is 20.2 Å². The Labute approximate surface area is 607 Å². The SMILES string of the molecule is CCCCN(c1ccc(CC)cc1)c1ccc(C(=C2C=CC(=[N+](CCCC)c3ccc(CC)cc3)C(C)=C2)c2ccccc2S(=O)(=O)[O-])cc1C.CCCCN(c1ccc(OC)cc1)c1ccc(C(=C2C=CC(=[N+](CCCC)c3ccc(OC)cc3)C(C)=C2)c2ccccc2S(=O)(=O)[O-])cc1C. The maximum Gasteiger partial charge on any atom is 0.208 e. The zero-order valence-corrected chi connectivity index (χ0v) is 63.2. The molecule has 0 radical (unpaired) electrons. The molecule has 2 aliphatic rings. The van der Waals surface area contributed by atoms with Gasteiger partial charge in [0.1, 0.15) is 44.8 Å². The first-order chi connectivity index (χ1) is 49.2. The van der Waals surface area contributed by atoms with Gasteiger partial charge in [0.15, 0.2) is 0 Å². The van der Waals surface area contributed by atoms with Crippen molar-refractivity contribution in [3.8, 4) is 11.5 Å². The third-order valence-electron chi connectivity index (χ3n) is 19.0. The van der Waals surface area contributed by atoms with Crippen molar-refractivity contribution >= 4 is 76.9 Å². The van der Waals surface area contributed by atoms with E-state index in [0.29, 0.717) is 22.3 Å². The molecule has 532 valence electrons. The van der Waals surface area contributed by atoms with Crippen LogP contribution in [0, 0.1) is 13.8 Å². The van der Waals surface area contributed by atoms with E-state index in [1.807, 2.05) is 36.4 Å². The van der Waals surface area contributed by atoms with Gasteiger partial charge in [-0.15, -0.1) is 0 Å². The molecule has 12 nitrogen and oxygen atoms in total. The van der Waals surface area contributed by atoms with Gasteiger partial charge in [-0.25, -0.2) is 16.8 Å². The van der Waals surface area contributed by atoms with Crippen molar-refractivity contribution in [2.24, 2.45) is 0 Å². The molecule has 0 fully saturated rings. The summed E-state index contributed by atoms with van der Waals surface area (Å²) in [6.45, 7) is 24.9. The van der Waals surface area contributed by atoms with Gasteiger partial charge >= 0.3 is 0 Å². The number of allylic oxidation sites excluding steroid dienone is 10. The number of nitrogens with zero attached hydrogens (tertiary/aromatic N) is 4. The lowest BCUT2D eigenvalue weighted by molar-refractivity contribution is -0.440. The molecule has 0 amide bonds. The van der Waals surface area contributed by atoms with Crippen LogP contribution in [-0.4, -0.2) is 86.9 Å². The Hall–Kier alpha value is -9.44. The van der Waals surface area contributed by atoms with E-state index in [2.05, 4.69) is 222 Å². The largest absolute Gasteiger partial charge is 0.744 e. The zero-order chi connectivity index (χ0) is 73.1. The summed E-state index contributed by atoms with van der Waals surface area (Å²) < 4.78 is 91.4. The monoisotopic (exact) mass is 1400 g/mol. The molecule has 0 atom stereocenters. The highest BCUT2D eigenvalue weighted by Crippen LogP contribution is 2.41. The van der Waals surface area contributed by atoms with E-state index in [9.17, 15) is 25.9 Å². The Kier molecular flexibility index (Phi) is 27.0. The van der Waals surface area contributed by atoms with E-state index in [-0.39, 0.29) is 9.79 Å². The average molecular weight is 1410 g/mol. The normalized spacial score (nSPS) is 15.0. The first-order valence-electron chi connectivity index (χ1n) is 36.0. The summed E-state index contributed by atoms with van der Waals surface area (Å²) in [6.07, 6.45) is 22.9. The van der Waals surface area contributed by atoms with Gasteiger partial charge in [0.05, 0.1) is 24.0 Å². The summed E-state index contributed by atoms with van der Waals surface area (Å²) in [5, 5.41) is 0. The fraction of sp³-hybridized carbons (Fsp3) is 0.295. The predicted molar refractivity (Wildman–Crippen MR) is 420 cm³/mol. The van der Waals surface area contributed by atoms with Gasteiger partial charge in [-0.05, 0) is 218 Å². The maximum absolute atomic E-state index is 12.7. The zero-order valence-electron chi connectivity index (χ0n) is 61.6. The summed E-state index contributed by atoms with van der Waals surface area (Å²) in [4.78, 5) is 4.22. The molecule has 0 aromatic heterocycles. The van der Waals surface area contributed by atoms with Crippen LogP contribution < -0.4 is 19.3 Å². The predicted octanol–water partition coefficient (Wildman–Crippen LogP) is 20.6. The molecule has 14 heteroatoms. The quantitative estimate of drug-likeness (QED) is 0.0343. The Balaban J connectivity index is 0.000000237. The minimum absolute atomic E-state index is 0.218. The van der Waals surface area contributed by atoms with Crippen LogP contribution in [0.2, 0.25) is 0 Å². The summed E-state index contributed by atoms with van der Waals surface area (Å²) in [7, 11) is -6.20. The smallest absolute Gasteiger partial charge is 0.208 e. The summed E-state index contributed by atoms with van der Waals surface area (Å²) in [5.74, 6) is 1.59. The average Bonchev–Trinajstić information content (AvgIpc) is 0.771. The van der Waals surface area contributed by atoms with E-state index in [1.54, 1.807) is 50.6 Å². The van der Waals surface area contributed by atoms with Crippen LogP contribution in [0.3, 0.4) is 0 Å². The van der Waals surface area contributed by atoms with Crippen molar-refractivity contribution in [1.82, 2.24) is 0 Å². The Morgan fingerprint density at radius 1 is 0.422 bits per heavy atom. The number of hydrogen-bond acceptors (Lipinski definition) is 10. The lowest BCUT2D eigenvalue weighted by atomic mass is 9.88. The lowest BCUT2D eigenvalue weighted by Gasteiger charge is -2.28. The van der Waals surface area contributed by atoms with Gasteiger partial charge in [0.25, 0.3) is 0 Å². The van der Waals surface area contributed by atoms with Gasteiger partial charge in [0, 0.05) is 107 Å². The molecule has 0 unspecified atom stereocenters. The summed E-state index contributed by atoms with van der Waals surface area (Å²) >= 11 is 0. The Morgan fingerprint density at radius 3 is 1.12 bits per heavy atom. The number of ether oxygens (including phenoxy) is 2. The van der Waals surface area contributed by atoms with Crippen LogP contribution in [0.15, 0.2) is 251 Å². The number of aryl methyl sites for hydroxylation is 4. The first kappa shape index (κ1) is 76.7. The molecule has 2 aliphatic carbocycles. The third kappa shape index (κ3) is 18.8. The standard InChI is InChI=1S/C45H52N2O3S.C43H48N2O5S/c1-7-11-29-46(39-23-17-35(9-3)18-24-39)42-27-21-37(31-33(42)5)45(41-15-13-14-16-44(41)51(48,49)50)38-22-28-43(34(6)32-38)47(30-12-8-2)40-25-19-36(10-4)20-26-40;1-7-9-27-44(35-17-21-37(49-5)22-18-35)40-25-15-33(29-31(40)3)43(39-13-11-12-14-42(39)51(46,47)48)34-16-26-41(32(4)30-34)45(28-10-8-2)36-19-23-38(50-6)24-20-36/h13-28,31-32H,7-12,29-30H2,1-6H3;11-26,29-30H,7-10,27-28H2,1-6H3. The highest BCUT2D eigenvalue weighted by molar-refractivity contribution is 7.86. The van der Waals surface area contributed by atoms with Gasteiger partial charge in [-0.2, -0.15) is 9.15 Å². The van der Waals surface area contributed by atoms with Gasteiger partial charge in [0.2, 0.25) is 22.8 Å². The summed E-state index contributed by atoms with van der Waals surface area (Å²) in [5.41, 5.74) is 21.1. The van der Waals surface area contributed by atoms with Crippen molar-refractivity contribution in [3.63, 3.8) is 0 Å². The van der Waals surface area contributed by atoms with Crippen molar-refractivity contribution < 1.29 is 44.6 Å². The molecular formula is C88H100N4O8S2. The van der Waals surface area contributed by atoms with E-state index in [4.69, 9.17) is 9.47 Å². The topological polar surface area (TPSA) is 145 Å². The number of rotatable bonds is 28. The van der Waals surface area contributed by atoms with Gasteiger partial charge in [-0.1, -0.05) is 140 Å². The molecule has 0 saturated heterocycles. The number of benzene rings is 8. The Morgan fingerprint density at radius 2 is 0.775 bits per heavy atom. The van der Waals surface area contributed by atoms with Crippen LogP contribution in [0.5, 0.6) is 11.5 Å². The second-order valence-corrected chi connectivity index (χ2v) is 28.8. The minimum atomic E-state index is -4.77. The van der Waals surface area contributed by atoms with E-state index in [1.165, 1.54) is 23.3 Å². The van der Waals surface area contributed by atoms with Crippen LogP contribution in [0.4, 0.5) is 34.1 Å². The molecular weight excluding hydrogens is 1310 g/mol. The van der Waals surface area contributed by atoms with Gasteiger partial charge < -0.3 is 28.4 Å². The van der Waals surface area contributed by atoms with Crippen LogP contribution in [0.25, 0.3) is 11.1 Å². The molecule has 0 N–H and O–H groups in total. The Bertz CT molecular complexity index is 4450. The number of unbranched alkanes of at least 4 members (excludes halogenated alkanes) is 4. The number of methoxy groups -OCH3 is 2. The number of hydrogen-bond donors (Lipinski definition) is 0. The van der Waals surface area contributed by atoms with E-state index in [0.717, 1.165) is 192 Å². The van der Waals surface area contributed by atoms with Crippen LogP contribution >= 0.6 is 0 Å². The molecule has 8 aromatic carbocycles. The van der Waals surface area contributed by atoms with Crippen molar-refractivity contribution in [2.45, 2.75) is 143 Å². The highest BCUT2D eigenvalue weighted by atomic mass is 32.2. The molecule has 10 rings (SSSR count). The lowest BCUT2D eigenvalue weighted by Crippen LogP contribution is -2.20. The van der Waals surface area contributed by atoms with Crippen molar-refractivity contribution in [1.29, 1.82) is 0 Å². The molecule has 0 aliphatic heterocycles. The van der Waals surface area contributed by atoms with Crippen LogP contribution in [0.1, 0.15) is 151 Å². The first-order valence-corrected chi connectivity index (χ1v) is 38.8. The second kappa shape index (κ2) is 35.9. The third-order valence-corrected chi connectivity index (χ3v) is 20.8. The number of anilines is 4. The minimum Gasteiger partial charge on any atom is -0.744 e. The van der Waals surface area contributed by atoms with Gasteiger partial charge in [-0.3, -0.25) is 0 Å². The van der Waals surface area contributed by atoms with Crippen LogP contribution in [-0.2, 0) is 33.1 Å². The molecule has 0 saturated carbocycles.